The van der Waals surface area contributed by atoms with Crippen molar-refractivity contribution in [1.29, 1.82) is 0 Å². The third kappa shape index (κ3) is 9.66. The number of benzene rings is 3. The summed E-state index contributed by atoms with van der Waals surface area (Å²) in [5.41, 5.74) is 2.88. The highest BCUT2D eigenvalue weighted by molar-refractivity contribution is 6.13. The number of hydrogen-bond donors (Lipinski definition) is 0. The van der Waals surface area contributed by atoms with E-state index in [4.69, 9.17) is 23.9 Å². The molecule has 0 N–H and O–H groups in total. The Balaban J connectivity index is 1.63. The minimum atomic E-state index is -0.954. The summed E-state index contributed by atoms with van der Waals surface area (Å²) in [4.78, 5) is 44.6. The molecule has 0 aliphatic carbocycles. The lowest BCUT2D eigenvalue weighted by Crippen LogP contribution is -2.45. The number of hydrogen-bond acceptors (Lipinski definition) is 8. The van der Waals surface area contributed by atoms with E-state index in [9.17, 15) is 14.4 Å². The quantitative estimate of drug-likeness (QED) is 0.157. The van der Waals surface area contributed by atoms with Crippen LogP contribution in [-0.4, -0.2) is 64.8 Å². The number of rotatable bonds is 7. The highest BCUT2D eigenvalue weighted by Gasteiger charge is 2.49. The van der Waals surface area contributed by atoms with E-state index in [2.05, 4.69) is 0 Å². The van der Waals surface area contributed by atoms with E-state index < -0.39 is 47.7 Å². The average molecular weight is 615 g/mol. The van der Waals surface area contributed by atoms with Crippen molar-refractivity contribution in [2.45, 2.75) is 84.3 Å². The van der Waals surface area contributed by atoms with Gasteiger partial charge in [-0.15, -0.1) is 0 Å². The predicted octanol–water partition coefficient (Wildman–Crippen LogP) is 7.27. The molecule has 0 bridgehead atoms. The third-order valence-electron chi connectivity index (χ3n) is 6.81. The highest BCUT2D eigenvalue weighted by atomic mass is 16.7. The minimum Gasteiger partial charge on any atom is -0.456 e. The maximum atomic E-state index is 13.4. The van der Waals surface area contributed by atoms with Crippen LogP contribution in [0.4, 0.5) is 15.3 Å². The molecule has 9 heteroatoms. The van der Waals surface area contributed by atoms with Crippen molar-refractivity contribution in [3.05, 3.63) is 102 Å². The van der Waals surface area contributed by atoms with Gasteiger partial charge in [0.15, 0.2) is 12.2 Å². The van der Waals surface area contributed by atoms with E-state index in [1.54, 1.807) is 41.5 Å². The molecular formula is C36H42N2O7. The molecule has 3 aromatic carbocycles. The maximum absolute atomic E-state index is 13.4. The van der Waals surface area contributed by atoms with E-state index in [1.807, 2.05) is 84.9 Å². The summed E-state index contributed by atoms with van der Waals surface area (Å²) < 4.78 is 22.3. The van der Waals surface area contributed by atoms with Gasteiger partial charge in [0.1, 0.15) is 11.2 Å². The van der Waals surface area contributed by atoms with Gasteiger partial charge in [-0.2, -0.15) is 0 Å². The zero-order valence-electron chi connectivity index (χ0n) is 27.0. The zero-order chi connectivity index (χ0) is 32.8. The first kappa shape index (κ1) is 33.2. The molecule has 0 aromatic heterocycles. The van der Waals surface area contributed by atoms with Gasteiger partial charge in [0, 0.05) is 18.1 Å². The van der Waals surface area contributed by atoms with Gasteiger partial charge >= 0.3 is 18.2 Å². The standard InChI is InChI=1S/C36H42N2O7/c1-24(39)42-32-29(38(33(40)44-35(2,3)4)23-30(32)43-34(41)45-36(5,6)7)22-25-18-20-28(21-19-25)37-31(26-14-10-8-11-15-26)27-16-12-9-13-17-27/h8-21,29-30,32H,22-23H2,1-7H3/t29-,30+,32+/m1/s1. The molecule has 0 radical (unpaired) electrons. The number of aliphatic imine (C=N–C) groups is 1. The van der Waals surface area contributed by atoms with Crippen molar-refractivity contribution in [1.82, 2.24) is 4.90 Å². The van der Waals surface area contributed by atoms with Gasteiger partial charge in [0.25, 0.3) is 0 Å². The second kappa shape index (κ2) is 14.0. The Morgan fingerprint density at radius 2 is 1.29 bits per heavy atom. The Bertz CT molecular complexity index is 1450. The van der Waals surface area contributed by atoms with Gasteiger partial charge in [-0.25, -0.2) is 14.6 Å². The molecule has 0 unspecified atom stereocenters. The molecule has 1 aliphatic rings. The first-order chi connectivity index (χ1) is 21.2. The number of carbonyl (C=O) groups is 3. The van der Waals surface area contributed by atoms with Gasteiger partial charge in [-0.3, -0.25) is 9.69 Å². The fourth-order valence-corrected chi connectivity index (χ4v) is 5.03. The molecule has 1 amide bonds. The van der Waals surface area contributed by atoms with Crippen LogP contribution in [0.2, 0.25) is 0 Å². The Morgan fingerprint density at radius 1 is 0.756 bits per heavy atom. The van der Waals surface area contributed by atoms with Crippen LogP contribution in [0.3, 0.4) is 0 Å². The molecule has 45 heavy (non-hydrogen) atoms. The molecule has 9 nitrogen and oxygen atoms in total. The molecule has 1 saturated heterocycles. The molecule has 1 aliphatic heterocycles. The van der Waals surface area contributed by atoms with Crippen LogP contribution in [0.25, 0.3) is 0 Å². The van der Waals surface area contributed by atoms with E-state index in [1.165, 1.54) is 11.8 Å². The first-order valence-electron chi connectivity index (χ1n) is 15.0. The van der Waals surface area contributed by atoms with Crippen LogP contribution in [-0.2, 0) is 30.2 Å². The van der Waals surface area contributed by atoms with Crippen molar-refractivity contribution in [2.24, 2.45) is 4.99 Å². The van der Waals surface area contributed by atoms with Gasteiger partial charge in [-0.1, -0.05) is 72.8 Å². The lowest BCUT2D eigenvalue weighted by Gasteiger charge is -2.30. The number of esters is 1. The van der Waals surface area contributed by atoms with Gasteiger partial charge in [0.05, 0.1) is 24.0 Å². The SMILES string of the molecule is CC(=O)O[C@@H]1[C@@H](OC(=O)OC(C)(C)C)CN(C(=O)OC(C)(C)C)[C@@H]1Cc1ccc(N=C(c2ccccc2)c2ccccc2)cc1. The van der Waals surface area contributed by atoms with Gasteiger partial charge in [-0.05, 0) is 65.7 Å². The minimum absolute atomic E-state index is 0.0311. The second-order valence-electron chi connectivity index (χ2n) is 13.0. The predicted molar refractivity (Wildman–Crippen MR) is 172 cm³/mol. The molecule has 1 heterocycles. The second-order valence-corrected chi connectivity index (χ2v) is 13.0. The van der Waals surface area contributed by atoms with Gasteiger partial charge < -0.3 is 18.9 Å². The normalized spacial score (nSPS) is 18.1. The molecule has 238 valence electrons. The Kier molecular flexibility index (Phi) is 10.3. The Hall–Kier alpha value is -4.66. The fourth-order valence-electron chi connectivity index (χ4n) is 5.03. The van der Waals surface area contributed by atoms with Crippen LogP contribution >= 0.6 is 0 Å². The number of amides is 1. The van der Waals surface area contributed by atoms with E-state index in [0.29, 0.717) is 6.42 Å². The van der Waals surface area contributed by atoms with E-state index in [-0.39, 0.29) is 6.54 Å². The lowest BCUT2D eigenvalue weighted by molar-refractivity contribution is -0.153. The molecule has 1 fully saturated rings. The van der Waals surface area contributed by atoms with Crippen molar-refractivity contribution in [3.63, 3.8) is 0 Å². The average Bonchev–Trinajstić information content (AvgIpc) is 3.27. The van der Waals surface area contributed by atoms with Crippen molar-refractivity contribution < 1.29 is 33.3 Å². The number of nitrogens with zero attached hydrogens (tertiary/aromatic N) is 2. The summed E-state index contributed by atoms with van der Waals surface area (Å²) in [6.45, 7) is 11.7. The monoisotopic (exact) mass is 614 g/mol. The summed E-state index contributed by atoms with van der Waals surface area (Å²) in [6, 6.07) is 26.9. The third-order valence-corrected chi connectivity index (χ3v) is 6.81. The summed E-state index contributed by atoms with van der Waals surface area (Å²) in [5.74, 6) is -0.562. The van der Waals surface area contributed by atoms with Crippen LogP contribution in [0.5, 0.6) is 0 Å². The lowest BCUT2D eigenvalue weighted by atomic mass is 10.00. The summed E-state index contributed by atoms with van der Waals surface area (Å²) in [7, 11) is 0. The largest absolute Gasteiger partial charge is 0.509 e. The molecule has 3 atom stereocenters. The fraction of sp³-hybridized carbons (Fsp3) is 0.389. The summed E-state index contributed by atoms with van der Waals surface area (Å²) in [6.07, 6.45) is -3.10. The Morgan fingerprint density at radius 3 is 1.78 bits per heavy atom. The van der Waals surface area contributed by atoms with Crippen molar-refractivity contribution >= 4 is 29.6 Å². The van der Waals surface area contributed by atoms with E-state index >= 15 is 0 Å². The number of likely N-dealkylation sites (tertiary alicyclic amines) is 1. The summed E-state index contributed by atoms with van der Waals surface area (Å²) >= 11 is 0. The van der Waals surface area contributed by atoms with Gasteiger partial charge in [0.2, 0.25) is 0 Å². The number of ether oxygens (including phenoxy) is 4. The maximum Gasteiger partial charge on any atom is 0.509 e. The smallest absolute Gasteiger partial charge is 0.456 e. The molecule has 0 saturated carbocycles. The van der Waals surface area contributed by atoms with Crippen LogP contribution in [0.1, 0.15) is 65.2 Å². The number of carbonyl (C=O) groups excluding carboxylic acids is 3. The summed E-state index contributed by atoms with van der Waals surface area (Å²) in [5, 5.41) is 0. The zero-order valence-corrected chi connectivity index (χ0v) is 27.0. The van der Waals surface area contributed by atoms with Crippen molar-refractivity contribution in [3.8, 4) is 0 Å². The topological polar surface area (TPSA) is 104 Å². The molecular weight excluding hydrogens is 572 g/mol. The molecule has 3 aromatic rings. The Labute approximate surface area is 265 Å². The van der Waals surface area contributed by atoms with Crippen LogP contribution < -0.4 is 0 Å². The molecule has 0 spiro atoms. The van der Waals surface area contributed by atoms with Crippen LogP contribution in [0, 0.1) is 0 Å². The first-order valence-corrected chi connectivity index (χ1v) is 15.0. The van der Waals surface area contributed by atoms with Crippen LogP contribution in [0.15, 0.2) is 89.9 Å². The highest BCUT2D eigenvalue weighted by Crippen LogP contribution is 2.30. The molecule has 4 rings (SSSR count). The van der Waals surface area contributed by atoms with E-state index in [0.717, 1.165) is 28.1 Å². The van der Waals surface area contributed by atoms with Crippen molar-refractivity contribution in [2.75, 3.05) is 6.54 Å².